The molecule has 4 aliphatic carbocycles. The summed E-state index contributed by atoms with van der Waals surface area (Å²) in [6.45, 7) is 9.63. The SMILES string of the molecule is CC1(C)c2ccccc2-c2cc3c(cc21)-c1cc(N(c2ccc4c5ccccc5n(-c5ccccc5)c4c2)c2cccc4c2-c2ccccc2C42c4ccccc4-c4ccccc42)ccc1C3(C)C. The largest absolute Gasteiger partial charge is 0.310 e. The van der Waals surface area contributed by atoms with Gasteiger partial charge in [0.2, 0.25) is 0 Å². The number of hydrogen-bond donors (Lipinski definition) is 0. The highest BCUT2D eigenvalue weighted by Gasteiger charge is 2.52. The molecule has 4 aliphatic rings. The van der Waals surface area contributed by atoms with Crippen molar-refractivity contribution < 1.29 is 0 Å². The second-order valence-corrected chi connectivity index (χ2v) is 20.8. The van der Waals surface area contributed by atoms with Crippen molar-refractivity contribution >= 4 is 38.9 Å². The predicted octanol–water partition coefficient (Wildman–Crippen LogP) is 17.2. The van der Waals surface area contributed by atoms with Crippen LogP contribution in [0.1, 0.15) is 72.2 Å². The smallest absolute Gasteiger partial charge is 0.0726 e. The van der Waals surface area contributed by atoms with Crippen molar-refractivity contribution in [1.29, 1.82) is 0 Å². The summed E-state index contributed by atoms with van der Waals surface area (Å²) in [6.07, 6.45) is 0. The Bertz CT molecular complexity index is 3980. The van der Waals surface area contributed by atoms with Crippen LogP contribution in [0.15, 0.2) is 218 Å². The van der Waals surface area contributed by atoms with Crippen LogP contribution in [0.2, 0.25) is 0 Å². The molecule has 1 spiro atoms. The lowest BCUT2D eigenvalue weighted by Crippen LogP contribution is -2.26. The van der Waals surface area contributed by atoms with Crippen LogP contribution < -0.4 is 4.90 Å². The van der Waals surface area contributed by atoms with Crippen LogP contribution in [0.4, 0.5) is 17.1 Å². The molecule has 0 fully saturated rings. The van der Waals surface area contributed by atoms with Crippen LogP contribution >= 0.6 is 0 Å². The molecule has 0 saturated heterocycles. The third kappa shape index (κ3) is 4.86. The number of hydrogen-bond acceptors (Lipinski definition) is 1. The number of para-hydroxylation sites is 2. The van der Waals surface area contributed by atoms with Gasteiger partial charge in [0.1, 0.15) is 0 Å². The van der Waals surface area contributed by atoms with E-state index in [0.29, 0.717) is 0 Å². The Hall–Kier alpha value is -8.20. The van der Waals surface area contributed by atoms with Crippen LogP contribution in [0.25, 0.3) is 72.0 Å². The molecule has 10 aromatic carbocycles. The number of nitrogens with zero attached hydrogens (tertiary/aromatic N) is 2. The first-order valence-corrected chi connectivity index (χ1v) is 24.5. The van der Waals surface area contributed by atoms with Crippen molar-refractivity contribution in [1.82, 2.24) is 4.57 Å². The summed E-state index contributed by atoms with van der Waals surface area (Å²) in [5.41, 5.74) is 27.8. The molecule has 11 aromatic rings. The van der Waals surface area contributed by atoms with Crippen molar-refractivity contribution in [2.24, 2.45) is 0 Å². The molecule has 0 amide bonds. The number of rotatable bonds is 4. The summed E-state index contributed by atoms with van der Waals surface area (Å²) in [7, 11) is 0. The fourth-order valence-corrected chi connectivity index (χ4v) is 13.8. The van der Waals surface area contributed by atoms with Crippen molar-refractivity contribution in [2.45, 2.75) is 43.9 Å². The Kier molecular flexibility index (Phi) is 7.60. The van der Waals surface area contributed by atoms with Gasteiger partial charge in [0, 0.05) is 44.2 Å². The molecular formula is C67H48N2. The van der Waals surface area contributed by atoms with E-state index in [0.717, 1.165) is 17.1 Å². The fraction of sp³-hybridized carbons (Fsp3) is 0.104. The van der Waals surface area contributed by atoms with Crippen molar-refractivity contribution in [3.8, 4) is 50.2 Å². The minimum absolute atomic E-state index is 0.102. The van der Waals surface area contributed by atoms with Crippen molar-refractivity contribution in [2.75, 3.05) is 4.90 Å². The Balaban J connectivity index is 1.02. The van der Waals surface area contributed by atoms with E-state index in [-0.39, 0.29) is 10.8 Å². The van der Waals surface area contributed by atoms with E-state index in [1.165, 1.54) is 117 Å². The number of benzene rings is 10. The zero-order chi connectivity index (χ0) is 46.0. The summed E-state index contributed by atoms with van der Waals surface area (Å²) in [4.78, 5) is 2.58. The Labute approximate surface area is 403 Å². The molecule has 0 N–H and O–H groups in total. The summed E-state index contributed by atoms with van der Waals surface area (Å²) in [6, 6.07) is 82.8. The highest BCUT2D eigenvalue weighted by molar-refractivity contribution is 6.11. The molecule has 0 atom stereocenters. The lowest BCUT2D eigenvalue weighted by Gasteiger charge is -2.32. The maximum Gasteiger partial charge on any atom is 0.0726 e. The monoisotopic (exact) mass is 880 g/mol. The van der Waals surface area contributed by atoms with Gasteiger partial charge in [0.05, 0.1) is 22.1 Å². The first-order valence-electron chi connectivity index (χ1n) is 24.5. The zero-order valence-electron chi connectivity index (χ0n) is 39.2. The van der Waals surface area contributed by atoms with Gasteiger partial charge in [-0.15, -0.1) is 0 Å². The molecule has 0 radical (unpaired) electrons. The normalized spacial score (nSPS) is 15.3. The molecular weight excluding hydrogens is 833 g/mol. The first kappa shape index (κ1) is 38.9. The fourth-order valence-electron chi connectivity index (χ4n) is 13.8. The number of aromatic nitrogens is 1. The van der Waals surface area contributed by atoms with Gasteiger partial charge in [0.25, 0.3) is 0 Å². The molecule has 0 bridgehead atoms. The maximum absolute atomic E-state index is 2.58. The average molecular weight is 881 g/mol. The Morgan fingerprint density at radius 3 is 1.49 bits per heavy atom. The van der Waals surface area contributed by atoms with E-state index in [4.69, 9.17) is 0 Å². The molecule has 0 aliphatic heterocycles. The standard InChI is InChI=1S/C67H48N2/c1-65(2)53-26-13-8-23-46(53)51-39-60-52(40-59(51)65)50-37-42(34-36-54(50)66(60,3)4)68(43-33-35-48-47-24-12-17-31-61(47)69(63(48)38-43)41-19-6-5-7-20-41)62-32-18-30-58-64(62)49-25-11-16-29-57(49)67(58)55-27-14-9-21-44(55)45-22-10-15-28-56(45)67/h5-40H,1-4H3. The van der Waals surface area contributed by atoms with Gasteiger partial charge >= 0.3 is 0 Å². The molecule has 2 nitrogen and oxygen atoms in total. The quantitative estimate of drug-likeness (QED) is 0.171. The lowest BCUT2D eigenvalue weighted by atomic mass is 9.70. The highest BCUT2D eigenvalue weighted by atomic mass is 15.1. The van der Waals surface area contributed by atoms with Gasteiger partial charge in [-0.2, -0.15) is 0 Å². The summed E-state index contributed by atoms with van der Waals surface area (Å²) in [5, 5.41) is 2.49. The van der Waals surface area contributed by atoms with E-state index < -0.39 is 5.41 Å². The van der Waals surface area contributed by atoms with Crippen LogP contribution in [-0.4, -0.2) is 4.57 Å². The molecule has 15 rings (SSSR count). The van der Waals surface area contributed by atoms with E-state index in [1.807, 2.05) is 0 Å². The summed E-state index contributed by atoms with van der Waals surface area (Å²) >= 11 is 0. The molecule has 0 saturated carbocycles. The van der Waals surface area contributed by atoms with Crippen LogP contribution in [0, 0.1) is 0 Å². The minimum Gasteiger partial charge on any atom is -0.310 e. The van der Waals surface area contributed by atoms with Gasteiger partial charge in [-0.25, -0.2) is 0 Å². The maximum atomic E-state index is 2.58. The second-order valence-electron chi connectivity index (χ2n) is 20.8. The second kappa shape index (κ2) is 13.5. The van der Waals surface area contributed by atoms with E-state index >= 15 is 0 Å². The number of anilines is 3. The number of fused-ring (bicyclic) bond motifs is 19. The lowest BCUT2D eigenvalue weighted by molar-refractivity contribution is 0.652. The molecule has 326 valence electrons. The van der Waals surface area contributed by atoms with E-state index in [1.54, 1.807) is 0 Å². The molecule has 1 aromatic heterocycles. The Morgan fingerprint density at radius 1 is 0.319 bits per heavy atom. The van der Waals surface area contributed by atoms with Crippen molar-refractivity contribution in [3.63, 3.8) is 0 Å². The highest BCUT2D eigenvalue weighted by Crippen LogP contribution is 2.65. The van der Waals surface area contributed by atoms with Gasteiger partial charge in [-0.3, -0.25) is 0 Å². The van der Waals surface area contributed by atoms with Gasteiger partial charge in [0.15, 0.2) is 0 Å². The van der Waals surface area contributed by atoms with Gasteiger partial charge in [-0.1, -0.05) is 185 Å². The first-order chi connectivity index (χ1) is 33.8. The van der Waals surface area contributed by atoms with Gasteiger partial charge < -0.3 is 9.47 Å². The summed E-state index contributed by atoms with van der Waals surface area (Å²) in [5.74, 6) is 0. The van der Waals surface area contributed by atoms with Crippen LogP contribution in [0.5, 0.6) is 0 Å². The van der Waals surface area contributed by atoms with Gasteiger partial charge in [-0.05, 0) is 144 Å². The predicted molar refractivity (Wildman–Crippen MR) is 287 cm³/mol. The van der Waals surface area contributed by atoms with E-state index in [2.05, 4.69) is 256 Å². The average Bonchev–Trinajstić information content (AvgIpc) is 4.11. The topological polar surface area (TPSA) is 8.17 Å². The zero-order valence-corrected chi connectivity index (χ0v) is 39.2. The van der Waals surface area contributed by atoms with Crippen LogP contribution in [-0.2, 0) is 16.2 Å². The molecule has 69 heavy (non-hydrogen) atoms. The van der Waals surface area contributed by atoms with E-state index in [9.17, 15) is 0 Å². The third-order valence-electron chi connectivity index (χ3n) is 16.8. The molecule has 2 heteroatoms. The third-order valence-corrected chi connectivity index (χ3v) is 16.8. The molecule has 1 heterocycles. The van der Waals surface area contributed by atoms with Crippen LogP contribution in [0.3, 0.4) is 0 Å². The Morgan fingerprint density at radius 2 is 0.797 bits per heavy atom. The minimum atomic E-state index is -0.462. The van der Waals surface area contributed by atoms with Crippen molar-refractivity contribution in [3.05, 3.63) is 263 Å². The molecule has 0 unspecified atom stereocenters. The summed E-state index contributed by atoms with van der Waals surface area (Å²) < 4.78 is 2.44.